The zero-order valence-electron chi connectivity index (χ0n) is 16.7. The third-order valence-corrected chi connectivity index (χ3v) is 6.69. The van der Waals surface area contributed by atoms with Crippen LogP contribution in [-0.2, 0) is 4.74 Å². The van der Waals surface area contributed by atoms with Gasteiger partial charge in [0.05, 0.1) is 26.4 Å². The van der Waals surface area contributed by atoms with Crippen molar-refractivity contribution in [2.24, 2.45) is 11.3 Å². The van der Waals surface area contributed by atoms with Gasteiger partial charge >= 0.3 is 6.03 Å². The van der Waals surface area contributed by atoms with Crippen LogP contribution in [0.25, 0.3) is 0 Å². The summed E-state index contributed by atoms with van der Waals surface area (Å²) in [6.07, 6.45) is 3.25. The van der Waals surface area contributed by atoms with Crippen LogP contribution in [-0.4, -0.2) is 50.4 Å². The van der Waals surface area contributed by atoms with Gasteiger partial charge in [0, 0.05) is 42.2 Å². The molecule has 3 fully saturated rings. The molecule has 1 aromatic carbocycles. The molecule has 4 atom stereocenters. The van der Waals surface area contributed by atoms with E-state index in [-0.39, 0.29) is 29.6 Å². The first-order valence-corrected chi connectivity index (χ1v) is 9.88. The molecule has 0 spiro atoms. The second kappa shape index (κ2) is 6.89. The van der Waals surface area contributed by atoms with Gasteiger partial charge in [-0.2, -0.15) is 0 Å². The van der Waals surface area contributed by atoms with Gasteiger partial charge < -0.3 is 24.4 Å². The summed E-state index contributed by atoms with van der Waals surface area (Å²) in [7, 11) is 3.30. The third kappa shape index (κ3) is 2.94. The Labute approximate surface area is 161 Å². The number of methoxy groups -OCH3 is 2. The number of nitrogens with one attached hydrogen (secondary N) is 1. The number of ether oxygens (including phenoxy) is 3. The third-order valence-electron chi connectivity index (χ3n) is 6.69. The van der Waals surface area contributed by atoms with E-state index in [4.69, 9.17) is 14.2 Å². The zero-order valence-corrected chi connectivity index (χ0v) is 16.7. The number of carbonyl (C=O) groups is 1. The molecule has 0 radical (unpaired) electrons. The number of benzene rings is 1. The van der Waals surface area contributed by atoms with Crippen molar-refractivity contribution in [1.82, 2.24) is 10.2 Å². The number of fused-ring (bicyclic) bond motifs is 1. The number of rotatable bonds is 4. The highest BCUT2D eigenvalue weighted by molar-refractivity contribution is 5.76. The summed E-state index contributed by atoms with van der Waals surface area (Å²) >= 11 is 0. The maximum Gasteiger partial charge on any atom is 0.318 e. The number of urea groups is 1. The quantitative estimate of drug-likeness (QED) is 0.878. The summed E-state index contributed by atoms with van der Waals surface area (Å²) in [5.74, 6) is 1.97. The van der Waals surface area contributed by atoms with Gasteiger partial charge in [0.1, 0.15) is 11.5 Å². The predicted molar refractivity (Wildman–Crippen MR) is 102 cm³/mol. The van der Waals surface area contributed by atoms with Crippen molar-refractivity contribution in [3.05, 3.63) is 23.8 Å². The van der Waals surface area contributed by atoms with Gasteiger partial charge in [-0.3, -0.25) is 0 Å². The smallest absolute Gasteiger partial charge is 0.318 e. The maximum atomic E-state index is 13.1. The molecule has 2 aliphatic heterocycles. The number of carbonyl (C=O) groups excluding carboxylic acids is 1. The molecule has 4 rings (SSSR count). The standard InChI is InChI=1S/C21H30N2O4/c1-21(2)18(15-9-11-27-19(15)21)22-20(24)23-10-5-6-16(23)14-8-7-13(25-3)12-17(14)26-4/h7-8,12,15-16,18-19H,5-6,9-11H2,1-4H3,(H,22,24). The van der Waals surface area contributed by atoms with Crippen molar-refractivity contribution in [3.8, 4) is 11.5 Å². The summed E-state index contributed by atoms with van der Waals surface area (Å²) in [5, 5.41) is 3.32. The van der Waals surface area contributed by atoms with E-state index >= 15 is 0 Å². The predicted octanol–water partition coefficient (Wildman–Crippen LogP) is 3.36. The van der Waals surface area contributed by atoms with Crippen LogP contribution in [0.15, 0.2) is 18.2 Å². The monoisotopic (exact) mass is 374 g/mol. The molecule has 6 nitrogen and oxygen atoms in total. The van der Waals surface area contributed by atoms with Gasteiger partial charge in [0.2, 0.25) is 0 Å². The van der Waals surface area contributed by atoms with Crippen LogP contribution in [0.5, 0.6) is 11.5 Å². The Morgan fingerprint density at radius 2 is 2.07 bits per heavy atom. The Morgan fingerprint density at radius 1 is 1.26 bits per heavy atom. The van der Waals surface area contributed by atoms with Gasteiger partial charge in [0.15, 0.2) is 0 Å². The molecule has 148 valence electrons. The lowest BCUT2D eigenvalue weighted by Crippen LogP contribution is -2.67. The van der Waals surface area contributed by atoms with Crippen LogP contribution in [0.1, 0.15) is 44.7 Å². The van der Waals surface area contributed by atoms with E-state index in [0.29, 0.717) is 5.92 Å². The molecule has 0 aromatic heterocycles. The Hall–Kier alpha value is -1.95. The van der Waals surface area contributed by atoms with E-state index in [1.54, 1.807) is 14.2 Å². The average Bonchev–Trinajstić information content (AvgIpc) is 3.33. The molecule has 1 aliphatic carbocycles. The fraction of sp³-hybridized carbons (Fsp3) is 0.667. The van der Waals surface area contributed by atoms with Crippen LogP contribution in [0.2, 0.25) is 0 Å². The van der Waals surface area contributed by atoms with E-state index in [9.17, 15) is 4.79 Å². The minimum absolute atomic E-state index is 0.0101. The molecule has 27 heavy (non-hydrogen) atoms. The normalized spacial score (nSPS) is 31.2. The Bertz CT molecular complexity index is 720. The molecule has 2 saturated heterocycles. The number of likely N-dealkylation sites (tertiary alicyclic amines) is 1. The number of amides is 2. The first kappa shape index (κ1) is 18.4. The van der Waals surface area contributed by atoms with Crippen molar-refractivity contribution in [2.45, 2.75) is 51.3 Å². The topological polar surface area (TPSA) is 60.0 Å². The Morgan fingerprint density at radius 3 is 2.81 bits per heavy atom. The zero-order chi connectivity index (χ0) is 19.2. The molecular formula is C21H30N2O4. The number of nitrogens with zero attached hydrogens (tertiary/aromatic N) is 1. The highest BCUT2D eigenvalue weighted by Crippen LogP contribution is 2.52. The Balaban J connectivity index is 1.51. The first-order valence-electron chi connectivity index (χ1n) is 9.88. The van der Waals surface area contributed by atoms with Crippen molar-refractivity contribution in [3.63, 3.8) is 0 Å². The Kier molecular flexibility index (Phi) is 4.70. The minimum atomic E-state index is -0.0101. The van der Waals surface area contributed by atoms with E-state index in [1.165, 1.54) is 0 Å². The van der Waals surface area contributed by atoms with Gasteiger partial charge in [-0.1, -0.05) is 13.8 Å². The highest BCUT2D eigenvalue weighted by atomic mass is 16.5. The largest absolute Gasteiger partial charge is 0.497 e. The molecule has 1 aromatic rings. The van der Waals surface area contributed by atoms with Gasteiger partial charge in [-0.05, 0) is 31.4 Å². The molecule has 1 saturated carbocycles. The van der Waals surface area contributed by atoms with Gasteiger partial charge in [-0.15, -0.1) is 0 Å². The molecule has 2 amide bonds. The second-order valence-electron chi connectivity index (χ2n) is 8.45. The lowest BCUT2D eigenvalue weighted by molar-refractivity contribution is -0.109. The summed E-state index contributed by atoms with van der Waals surface area (Å²) in [4.78, 5) is 15.1. The first-order chi connectivity index (χ1) is 13.0. The lowest BCUT2D eigenvalue weighted by atomic mass is 9.57. The van der Waals surface area contributed by atoms with Crippen molar-refractivity contribution < 1.29 is 19.0 Å². The van der Waals surface area contributed by atoms with E-state index in [0.717, 1.165) is 49.5 Å². The average molecular weight is 374 g/mol. The summed E-state index contributed by atoms with van der Waals surface area (Å²) in [6.45, 7) is 5.96. The van der Waals surface area contributed by atoms with Crippen LogP contribution < -0.4 is 14.8 Å². The van der Waals surface area contributed by atoms with Crippen molar-refractivity contribution in [1.29, 1.82) is 0 Å². The fourth-order valence-electron chi connectivity index (χ4n) is 5.26. The summed E-state index contributed by atoms with van der Waals surface area (Å²) in [6, 6.07) is 6.07. The number of hydrogen-bond acceptors (Lipinski definition) is 4. The van der Waals surface area contributed by atoms with Gasteiger partial charge in [0.25, 0.3) is 0 Å². The second-order valence-corrected chi connectivity index (χ2v) is 8.45. The lowest BCUT2D eigenvalue weighted by Gasteiger charge is -2.54. The highest BCUT2D eigenvalue weighted by Gasteiger charge is 2.60. The van der Waals surface area contributed by atoms with Crippen molar-refractivity contribution in [2.75, 3.05) is 27.4 Å². The minimum Gasteiger partial charge on any atom is -0.497 e. The van der Waals surface area contributed by atoms with Crippen molar-refractivity contribution >= 4 is 6.03 Å². The van der Waals surface area contributed by atoms with E-state index in [1.807, 2.05) is 23.1 Å². The molecule has 2 heterocycles. The molecule has 4 unspecified atom stereocenters. The van der Waals surface area contributed by atoms with Crippen LogP contribution in [0, 0.1) is 11.3 Å². The SMILES string of the molecule is COc1ccc(C2CCCN2C(=O)NC2C3CCOC3C2(C)C)c(OC)c1. The molecule has 3 aliphatic rings. The van der Waals surface area contributed by atoms with Crippen LogP contribution >= 0.6 is 0 Å². The molecule has 0 bridgehead atoms. The van der Waals surface area contributed by atoms with Crippen LogP contribution in [0.3, 0.4) is 0 Å². The van der Waals surface area contributed by atoms with E-state index < -0.39 is 0 Å². The molecular weight excluding hydrogens is 344 g/mol. The maximum absolute atomic E-state index is 13.1. The summed E-state index contributed by atoms with van der Waals surface area (Å²) < 4.78 is 16.7. The number of hydrogen-bond donors (Lipinski definition) is 1. The molecule has 6 heteroatoms. The molecule has 1 N–H and O–H groups in total. The van der Waals surface area contributed by atoms with Gasteiger partial charge in [-0.25, -0.2) is 4.79 Å². The van der Waals surface area contributed by atoms with E-state index in [2.05, 4.69) is 19.2 Å². The van der Waals surface area contributed by atoms with Crippen LogP contribution in [0.4, 0.5) is 4.79 Å². The summed E-state index contributed by atoms with van der Waals surface area (Å²) in [5.41, 5.74) is 1.03. The fourth-order valence-corrected chi connectivity index (χ4v) is 5.26.